The van der Waals surface area contributed by atoms with E-state index in [1.165, 1.54) is 11.8 Å². The molecule has 5 heteroatoms. The average Bonchev–Trinajstić information content (AvgIpc) is 2.83. The molecule has 0 N–H and O–H groups in total. The Morgan fingerprint density at radius 1 is 1.21 bits per heavy atom. The van der Waals surface area contributed by atoms with Gasteiger partial charge in [-0.2, -0.15) is 5.26 Å². The first-order valence-corrected chi connectivity index (χ1v) is 6.75. The first-order chi connectivity index (χ1) is 9.38. The zero-order valence-electron chi connectivity index (χ0n) is 10.0. The van der Waals surface area contributed by atoms with E-state index in [2.05, 4.69) is 16.0 Å². The fourth-order valence-corrected chi connectivity index (χ4v) is 2.69. The molecule has 0 bridgehead atoms. The summed E-state index contributed by atoms with van der Waals surface area (Å²) in [6.45, 7) is 0. The Kier molecular flexibility index (Phi) is 3.17. The maximum absolute atomic E-state index is 9.30. The van der Waals surface area contributed by atoms with Gasteiger partial charge >= 0.3 is 0 Å². The van der Waals surface area contributed by atoms with Gasteiger partial charge in [-0.05, 0) is 23.8 Å². The quantitative estimate of drug-likeness (QED) is 0.540. The Morgan fingerprint density at radius 2 is 2.05 bits per heavy atom. The molecule has 0 atom stereocenters. The Labute approximate surface area is 114 Å². The van der Waals surface area contributed by atoms with E-state index in [9.17, 15) is 5.26 Å². The van der Waals surface area contributed by atoms with Crippen LogP contribution < -0.4 is 0 Å². The number of thioether (sulfide) groups is 1. The van der Waals surface area contributed by atoms with Crippen molar-refractivity contribution in [3.63, 3.8) is 0 Å². The predicted molar refractivity (Wildman–Crippen MR) is 73.7 cm³/mol. The fraction of sp³-hybridized carbons (Fsp3) is 0.0714. The van der Waals surface area contributed by atoms with Crippen LogP contribution in [0.3, 0.4) is 0 Å². The lowest BCUT2D eigenvalue weighted by molar-refractivity contribution is 0.966. The number of pyridine rings is 1. The third-order valence-electron chi connectivity index (χ3n) is 2.77. The molecule has 0 radical (unpaired) electrons. The molecule has 3 aromatic rings. The van der Waals surface area contributed by atoms with Gasteiger partial charge in [0.2, 0.25) is 0 Å². The van der Waals surface area contributed by atoms with Gasteiger partial charge in [-0.1, -0.05) is 17.8 Å². The SMILES string of the molecule is N#Cc1c(CSc2ncccn2)cn2ccccc12. The third-order valence-corrected chi connectivity index (χ3v) is 3.70. The standard InChI is InChI=1S/C14H10N4S/c15-8-12-11(9-18-7-2-1-4-13(12)18)10-19-14-16-5-3-6-17-14/h1-7,9H,10H2. The zero-order chi connectivity index (χ0) is 13.1. The van der Waals surface area contributed by atoms with Crippen molar-refractivity contribution >= 4 is 17.3 Å². The zero-order valence-corrected chi connectivity index (χ0v) is 10.8. The second kappa shape index (κ2) is 5.12. The van der Waals surface area contributed by atoms with Crippen molar-refractivity contribution in [1.82, 2.24) is 14.4 Å². The van der Waals surface area contributed by atoms with Crippen LogP contribution >= 0.6 is 11.8 Å². The lowest BCUT2D eigenvalue weighted by atomic mass is 10.2. The van der Waals surface area contributed by atoms with Crippen LogP contribution in [-0.4, -0.2) is 14.4 Å². The Balaban J connectivity index is 1.91. The summed E-state index contributed by atoms with van der Waals surface area (Å²) < 4.78 is 1.97. The van der Waals surface area contributed by atoms with Crippen molar-refractivity contribution in [1.29, 1.82) is 5.26 Å². The largest absolute Gasteiger partial charge is 0.322 e. The van der Waals surface area contributed by atoms with Gasteiger partial charge in [0.1, 0.15) is 6.07 Å². The lowest BCUT2D eigenvalue weighted by Crippen LogP contribution is -1.86. The molecule has 3 aromatic heterocycles. The molecule has 0 unspecified atom stereocenters. The molecule has 0 aliphatic heterocycles. The highest BCUT2D eigenvalue weighted by molar-refractivity contribution is 7.98. The molecule has 0 amide bonds. The Morgan fingerprint density at radius 3 is 2.84 bits per heavy atom. The number of nitrogens with zero attached hydrogens (tertiary/aromatic N) is 4. The first kappa shape index (κ1) is 11.8. The van der Waals surface area contributed by atoms with E-state index in [1.807, 2.05) is 35.0 Å². The second-order valence-corrected chi connectivity index (χ2v) is 4.90. The fourth-order valence-electron chi connectivity index (χ4n) is 1.92. The number of hydrogen-bond acceptors (Lipinski definition) is 4. The van der Waals surface area contributed by atoms with Crippen molar-refractivity contribution in [2.75, 3.05) is 0 Å². The van der Waals surface area contributed by atoms with E-state index >= 15 is 0 Å². The van der Waals surface area contributed by atoms with E-state index in [0.29, 0.717) is 5.75 Å². The van der Waals surface area contributed by atoms with Crippen molar-refractivity contribution in [3.8, 4) is 6.07 Å². The molecule has 0 aromatic carbocycles. The van der Waals surface area contributed by atoms with Gasteiger partial charge in [0, 0.05) is 30.5 Å². The highest BCUT2D eigenvalue weighted by Gasteiger charge is 2.10. The van der Waals surface area contributed by atoms with Gasteiger partial charge in [-0.15, -0.1) is 0 Å². The number of aromatic nitrogens is 3. The summed E-state index contributed by atoms with van der Waals surface area (Å²) in [7, 11) is 0. The molecule has 92 valence electrons. The van der Waals surface area contributed by atoms with Gasteiger partial charge in [0.25, 0.3) is 0 Å². The first-order valence-electron chi connectivity index (χ1n) is 5.77. The molecule has 19 heavy (non-hydrogen) atoms. The van der Waals surface area contributed by atoms with Gasteiger partial charge in [0.05, 0.1) is 11.1 Å². The molecule has 0 aliphatic carbocycles. The molecule has 4 nitrogen and oxygen atoms in total. The molecular formula is C14H10N4S. The van der Waals surface area contributed by atoms with E-state index in [1.54, 1.807) is 18.5 Å². The minimum Gasteiger partial charge on any atom is -0.322 e. The van der Waals surface area contributed by atoms with Crippen LogP contribution in [0.5, 0.6) is 0 Å². The van der Waals surface area contributed by atoms with Crippen molar-refractivity contribution in [2.24, 2.45) is 0 Å². The minimum absolute atomic E-state index is 0.689. The number of hydrogen-bond donors (Lipinski definition) is 0. The average molecular weight is 266 g/mol. The van der Waals surface area contributed by atoms with Gasteiger partial charge < -0.3 is 4.40 Å². The summed E-state index contributed by atoms with van der Waals surface area (Å²) in [5.74, 6) is 0.689. The van der Waals surface area contributed by atoms with Crippen LogP contribution in [0.2, 0.25) is 0 Å². The molecule has 0 saturated heterocycles. The molecule has 3 heterocycles. The van der Waals surface area contributed by atoms with Gasteiger partial charge in [-0.3, -0.25) is 0 Å². The highest BCUT2D eigenvalue weighted by atomic mass is 32.2. The third kappa shape index (κ3) is 2.30. The van der Waals surface area contributed by atoms with E-state index in [0.717, 1.165) is 21.8 Å². The van der Waals surface area contributed by atoms with Gasteiger partial charge in [0.15, 0.2) is 5.16 Å². The minimum atomic E-state index is 0.689. The van der Waals surface area contributed by atoms with Crippen LogP contribution in [0.4, 0.5) is 0 Å². The van der Waals surface area contributed by atoms with E-state index < -0.39 is 0 Å². The molecule has 0 fully saturated rings. The summed E-state index contributed by atoms with van der Waals surface area (Å²) in [6, 6.07) is 9.91. The Hall–Kier alpha value is -2.32. The summed E-state index contributed by atoms with van der Waals surface area (Å²) in [4.78, 5) is 8.33. The summed E-state index contributed by atoms with van der Waals surface area (Å²) in [6.07, 6.45) is 7.38. The summed E-state index contributed by atoms with van der Waals surface area (Å²) in [5.41, 5.74) is 2.67. The smallest absolute Gasteiger partial charge is 0.187 e. The molecule has 0 saturated carbocycles. The lowest BCUT2D eigenvalue weighted by Gasteiger charge is -1.97. The second-order valence-electron chi connectivity index (χ2n) is 3.95. The summed E-state index contributed by atoms with van der Waals surface area (Å²) in [5, 5.41) is 10.0. The van der Waals surface area contributed by atoms with E-state index in [4.69, 9.17) is 0 Å². The van der Waals surface area contributed by atoms with Crippen molar-refractivity contribution in [2.45, 2.75) is 10.9 Å². The van der Waals surface area contributed by atoms with E-state index in [-0.39, 0.29) is 0 Å². The highest BCUT2D eigenvalue weighted by Crippen LogP contribution is 2.24. The number of fused-ring (bicyclic) bond motifs is 1. The van der Waals surface area contributed by atoms with Crippen molar-refractivity contribution in [3.05, 3.63) is 60.2 Å². The molecule has 0 spiro atoms. The molecule has 3 rings (SSSR count). The predicted octanol–water partition coefficient (Wildman–Crippen LogP) is 2.89. The molecular weight excluding hydrogens is 256 g/mol. The van der Waals surface area contributed by atoms with Crippen LogP contribution in [0.1, 0.15) is 11.1 Å². The topological polar surface area (TPSA) is 54.0 Å². The van der Waals surface area contributed by atoms with Crippen LogP contribution in [0.15, 0.2) is 54.2 Å². The Bertz CT molecular complexity index is 743. The maximum Gasteiger partial charge on any atom is 0.187 e. The van der Waals surface area contributed by atoms with Crippen LogP contribution in [-0.2, 0) is 5.75 Å². The number of rotatable bonds is 3. The van der Waals surface area contributed by atoms with Crippen molar-refractivity contribution < 1.29 is 0 Å². The normalized spacial score (nSPS) is 10.5. The maximum atomic E-state index is 9.30. The van der Waals surface area contributed by atoms with Gasteiger partial charge in [-0.25, -0.2) is 9.97 Å². The summed E-state index contributed by atoms with van der Waals surface area (Å²) >= 11 is 1.53. The van der Waals surface area contributed by atoms with Crippen LogP contribution in [0, 0.1) is 11.3 Å². The molecule has 0 aliphatic rings. The van der Waals surface area contributed by atoms with Crippen LogP contribution in [0.25, 0.3) is 5.52 Å². The number of nitriles is 1. The monoisotopic (exact) mass is 266 g/mol.